The Bertz CT molecular complexity index is 369. The second kappa shape index (κ2) is 6.66. The minimum atomic E-state index is 0.0442. The molecule has 0 aromatic rings. The van der Waals surface area contributed by atoms with Crippen LogP contribution < -0.4 is 10.6 Å². The number of nitrogens with zero attached hydrogens (tertiary/aromatic N) is 1. The lowest BCUT2D eigenvalue weighted by atomic mass is 9.77. The van der Waals surface area contributed by atoms with Crippen LogP contribution in [0.3, 0.4) is 0 Å². The molecular formula is C17H31N3O. The molecule has 3 aliphatic rings. The van der Waals surface area contributed by atoms with Gasteiger partial charge in [0, 0.05) is 24.7 Å². The SMILES string of the molecule is CC(CNC(=O)C1CCC2CCCCC2N1)N(C)C1CC1. The van der Waals surface area contributed by atoms with Crippen LogP contribution in [0, 0.1) is 5.92 Å². The van der Waals surface area contributed by atoms with E-state index in [1.165, 1.54) is 44.9 Å². The summed E-state index contributed by atoms with van der Waals surface area (Å²) in [7, 11) is 2.18. The van der Waals surface area contributed by atoms with E-state index < -0.39 is 0 Å². The molecule has 2 N–H and O–H groups in total. The first-order chi connectivity index (χ1) is 10.1. The first-order valence-electron chi connectivity index (χ1n) is 8.91. The Hall–Kier alpha value is -0.610. The first kappa shape index (κ1) is 15.3. The smallest absolute Gasteiger partial charge is 0.237 e. The lowest BCUT2D eigenvalue weighted by Gasteiger charge is -2.40. The van der Waals surface area contributed by atoms with Gasteiger partial charge in [-0.15, -0.1) is 0 Å². The van der Waals surface area contributed by atoms with Gasteiger partial charge in [-0.25, -0.2) is 0 Å². The second-order valence-corrected chi connectivity index (χ2v) is 7.44. The molecule has 1 saturated heterocycles. The fourth-order valence-electron chi connectivity index (χ4n) is 4.06. The van der Waals surface area contributed by atoms with E-state index in [-0.39, 0.29) is 11.9 Å². The van der Waals surface area contributed by atoms with E-state index in [1.54, 1.807) is 0 Å². The fourth-order valence-corrected chi connectivity index (χ4v) is 4.06. The summed E-state index contributed by atoms with van der Waals surface area (Å²) in [5, 5.41) is 6.79. The molecule has 1 amide bonds. The lowest BCUT2D eigenvalue weighted by Crippen LogP contribution is -2.56. The van der Waals surface area contributed by atoms with Crippen molar-refractivity contribution in [2.75, 3.05) is 13.6 Å². The van der Waals surface area contributed by atoms with E-state index in [2.05, 4.69) is 29.5 Å². The Morgan fingerprint density at radius 2 is 1.95 bits per heavy atom. The Morgan fingerprint density at radius 3 is 2.71 bits per heavy atom. The van der Waals surface area contributed by atoms with Gasteiger partial charge in [-0.1, -0.05) is 12.8 Å². The summed E-state index contributed by atoms with van der Waals surface area (Å²) in [6.45, 7) is 2.99. The Morgan fingerprint density at radius 1 is 1.19 bits per heavy atom. The molecule has 4 atom stereocenters. The minimum Gasteiger partial charge on any atom is -0.353 e. The van der Waals surface area contributed by atoms with E-state index in [0.29, 0.717) is 12.1 Å². The zero-order valence-corrected chi connectivity index (χ0v) is 13.6. The quantitative estimate of drug-likeness (QED) is 0.814. The van der Waals surface area contributed by atoms with Crippen LogP contribution in [0.5, 0.6) is 0 Å². The highest BCUT2D eigenvalue weighted by Crippen LogP contribution is 2.32. The highest BCUT2D eigenvalue weighted by Gasteiger charge is 2.35. The predicted octanol–water partition coefficient (Wildman–Crippen LogP) is 1.90. The van der Waals surface area contributed by atoms with Crippen molar-refractivity contribution in [1.82, 2.24) is 15.5 Å². The third-order valence-electron chi connectivity index (χ3n) is 5.86. The molecule has 3 rings (SSSR count). The van der Waals surface area contributed by atoms with Crippen molar-refractivity contribution in [1.29, 1.82) is 0 Å². The van der Waals surface area contributed by atoms with Gasteiger partial charge >= 0.3 is 0 Å². The van der Waals surface area contributed by atoms with Gasteiger partial charge in [-0.05, 0) is 58.4 Å². The van der Waals surface area contributed by atoms with Gasteiger partial charge in [0.2, 0.25) is 5.91 Å². The van der Waals surface area contributed by atoms with E-state index >= 15 is 0 Å². The Labute approximate surface area is 129 Å². The number of rotatable bonds is 5. The summed E-state index contributed by atoms with van der Waals surface area (Å²) in [5.41, 5.74) is 0. The van der Waals surface area contributed by atoms with Crippen LogP contribution in [-0.4, -0.2) is 48.6 Å². The molecule has 0 aromatic heterocycles. The standard InChI is InChI=1S/C17H31N3O/c1-12(20(2)14-8-9-14)11-18-17(21)16-10-7-13-5-3-4-6-15(13)19-16/h12-16,19H,3-11H2,1-2H3,(H,18,21). The van der Waals surface area contributed by atoms with Gasteiger partial charge < -0.3 is 10.6 Å². The molecule has 4 unspecified atom stereocenters. The molecule has 0 radical (unpaired) electrons. The molecule has 0 aromatic carbocycles. The normalized spacial score (nSPS) is 34.3. The maximum Gasteiger partial charge on any atom is 0.237 e. The fraction of sp³-hybridized carbons (Fsp3) is 0.941. The van der Waals surface area contributed by atoms with Crippen molar-refractivity contribution >= 4 is 5.91 Å². The number of hydrogen-bond acceptors (Lipinski definition) is 3. The number of carbonyl (C=O) groups is 1. The molecule has 1 heterocycles. The molecule has 2 aliphatic carbocycles. The van der Waals surface area contributed by atoms with E-state index in [4.69, 9.17) is 0 Å². The molecule has 4 heteroatoms. The summed E-state index contributed by atoms with van der Waals surface area (Å²) < 4.78 is 0. The van der Waals surface area contributed by atoms with Crippen LogP contribution in [0.15, 0.2) is 0 Å². The van der Waals surface area contributed by atoms with E-state index in [1.807, 2.05) is 0 Å². The highest BCUT2D eigenvalue weighted by atomic mass is 16.2. The van der Waals surface area contributed by atoms with E-state index in [9.17, 15) is 4.79 Å². The van der Waals surface area contributed by atoms with Crippen LogP contribution in [0.2, 0.25) is 0 Å². The number of piperidine rings is 1. The molecule has 2 saturated carbocycles. The van der Waals surface area contributed by atoms with Crippen LogP contribution in [0.25, 0.3) is 0 Å². The number of amides is 1. The molecule has 0 spiro atoms. The van der Waals surface area contributed by atoms with Crippen LogP contribution in [0.4, 0.5) is 0 Å². The monoisotopic (exact) mass is 293 g/mol. The summed E-state index contributed by atoms with van der Waals surface area (Å²) in [6.07, 6.45) is 10.2. The number of fused-ring (bicyclic) bond motifs is 1. The molecule has 3 fully saturated rings. The lowest BCUT2D eigenvalue weighted by molar-refractivity contribution is -0.124. The number of carbonyl (C=O) groups excluding carboxylic acids is 1. The van der Waals surface area contributed by atoms with Crippen molar-refractivity contribution < 1.29 is 4.79 Å². The maximum atomic E-state index is 12.4. The Balaban J connectivity index is 1.42. The third-order valence-corrected chi connectivity index (χ3v) is 5.86. The van der Waals surface area contributed by atoms with Gasteiger partial charge in [-0.2, -0.15) is 0 Å². The molecular weight excluding hydrogens is 262 g/mol. The molecule has 1 aliphatic heterocycles. The average Bonchev–Trinajstić information content (AvgIpc) is 3.35. The molecule has 21 heavy (non-hydrogen) atoms. The first-order valence-corrected chi connectivity index (χ1v) is 8.91. The summed E-state index contributed by atoms with van der Waals surface area (Å²) in [4.78, 5) is 14.8. The van der Waals surface area contributed by atoms with Crippen LogP contribution in [0.1, 0.15) is 58.3 Å². The second-order valence-electron chi connectivity index (χ2n) is 7.44. The van der Waals surface area contributed by atoms with Crippen molar-refractivity contribution in [3.8, 4) is 0 Å². The summed E-state index contributed by atoms with van der Waals surface area (Å²) in [5.74, 6) is 1.04. The predicted molar refractivity (Wildman–Crippen MR) is 85.2 cm³/mol. The molecule has 4 nitrogen and oxygen atoms in total. The third kappa shape index (κ3) is 3.78. The Kier molecular flexibility index (Phi) is 4.85. The van der Waals surface area contributed by atoms with Crippen molar-refractivity contribution in [3.05, 3.63) is 0 Å². The van der Waals surface area contributed by atoms with Crippen LogP contribution >= 0.6 is 0 Å². The minimum absolute atomic E-state index is 0.0442. The van der Waals surface area contributed by atoms with Crippen molar-refractivity contribution in [2.24, 2.45) is 5.92 Å². The molecule has 120 valence electrons. The largest absolute Gasteiger partial charge is 0.353 e. The highest BCUT2D eigenvalue weighted by molar-refractivity contribution is 5.81. The number of nitrogens with one attached hydrogen (secondary N) is 2. The van der Waals surface area contributed by atoms with Crippen LogP contribution in [-0.2, 0) is 4.79 Å². The van der Waals surface area contributed by atoms with Gasteiger partial charge in [-0.3, -0.25) is 9.69 Å². The maximum absolute atomic E-state index is 12.4. The zero-order chi connectivity index (χ0) is 14.8. The van der Waals surface area contributed by atoms with Gasteiger partial charge in [0.1, 0.15) is 0 Å². The topological polar surface area (TPSA) is 44.4 Å². The summed E-state index contributed by atoms with van der Waals surface area (Å²) in [6, 6.07) is 1.83. The summed E-state index contributed by atoms with van der Waals surface area (Å²) >= 11 is 0. The van der Waals surface area contributed by atoms with Crippen molar-refractivity contribution in [3.63, 3.8) is 0 Å². The average molecular weight is 293 g/mol. The number of hydrogen-bond donors (Lipinski definition) is 2. The number of likely N-dealkylation sites (N-methyl/N-ethyl adjacent to an activating group) is 1. The molecule has 0 bridgehead atoms. The van der Waals surface area contributed by atoms with Gasteiger partial charge in [0.05, 0.1) is 6.04 Å². The zero-order valence-electron chi connectivity index (χ0n) is 13.6. The van der Waals surface area contributed by atoms with Gasteiger partial charge in [0.25, 0.3) is 0 Å². The van der Waals surface area contributed by atoms with Crippen molar-refractivity contribution in [2.45, 2.75) is 82.5 Å². The van der Waals surface area contributed by atoms with Gasteiger partial charge in [0.15, 0.2) is 0 Å². The van der Waals surface area contributed by atoms with E-state index in [0.717, 1.165) is 24.9 Å².